The Hall–Kier alpha value is -1.06. The summed E-state index contributed by atoms with van der Waals surface area (Å²) in [6.45, 7) is 1.07. The van der Waals surface area contributed by atoms with Crippen molar-refractivity contribution in [2.75, 3.05) is 0 Å². The first kappa shape index (κ1) is 9.49. The molecule has 3 heteroatoms. The smallest absolute Gasteiger partial charge is 0.120 e. The monoisotopic (exact) mass is 192 g/mol. The predicted octanol–water partition coefficient (Wildman–Crippen LogP) is 1.15. The molecular formula is C11H16N2O. The molecule has 1 aliphatic carbocycles. The zero-order chi connectivity index (χ0) is 9.97. The largest absolute Gasteiger partial charge is 0.490 e. The Bertz CT molecular complexity index is 299. The molecule has 14 heavy (non-hydrogen) atoms. The van der Waals surface area contributed by atoms with Gasteiger partial charge < -0.3 is 16.2 Å². The van der Waals surface area contributed by atoms with E-state index in [1.807, 2.05) is 18.2 Å². The first-order valence-electron chi connectivity index (χ1n) is 5.01. The summed E-state index contributed by atoms with van der Waals surface area (Å²) in [4.78, 5) is 0. The van der Waals surface area contributed by atoms with E-state index in [4.69, 9.17) is 16.2 Å². The normalized spacial score (nSPS) is 15.6. The molecule has 2 rings (SSSR count). The minimum absolute atomic E-state index is 0.425. The minimum atomic E-state index is 0.425. The molecule has 0 amide bonds. The van der Waals surface area contributed by atoms with Gasteiger partial charge in [-0.05, 0) is 36.1 Å². The Labute approximate surface area is 84.0 Å². The maximum Gasteiger partial charge on any atom is 0.120 e. The molecule has 4 N–H and O–H groups in total. The van der Waals surface area contributed by atoms with Crippen molar-refractivity contribution in [2.45, 2.75) is 32.0 Å². The van der Waals surface area contributed by atoms with Crippen LogP contribution in [0.15, 0.2) is 18.2 Å². The lowest BCUT2D eigenvalue weighted by Crippen LogP contribution is -2.04. The molecule has 0 unspecified atom stereocenters. The van der Waals surface area contributed by atoms with E-state index in [2.05, 4.69) is 0 Å². The number of ether oxygens (including phenoxy) is 1. The van der Waals surface area contributed by atoms with Gasteiger partial charge in [0, 0.05) is 13.1 Å². The van der Waals surface area contributed by atoms with Gasteiger partial charge in [0.15, 0.2) is 0 Å². The molecule has 3 nitrogen and oxygen atoms in total. The van der Waals surface area contributed by atoms with Gasteiger partial charge in [0.25, 0.3) is 0 Å². The second-order valence-electron chi connectivity index (χ2n) is 3.71. The van der Waals surface area contributed by atoms with E-state index < -0.39 is 0 Å². The molecule has 0 spiro atoms. The summed E-state index contributed by atoms with van der Waals surface area (Å²) >= 11 is 0. The summed E-state index contributed by atoms with van der Waals surface area (Å²) in [5, 5.41) is 0. The Morgan fingerprint density at radius 3 is 2.07 bits per heavy atom. The third-order valence-corrected chi connectivity index (χ3v) is 2.32. The van der Waals surface area contributed by atoms with E-state index in [9.17, 15) is 0 Å². The molecule has 0 atom stereocenters. The van der Waals surface area contributed by atoms with Crippen LogP contribution in [0.1, 0.15) is 24.0 Å². The van der Waals surface area contributed by atoms with E-state index in [1.54, 1.807) is 0 Å². The lowest BCUT2D eigenvalue weighted by molar-refractivity contribution is 0.302. The van der Waals surface area contributed by atoms with Gasteiger partial charge in [0.05, 0.1) is 6.10 Å². The average molecular weight is 192 g/mol. The van der Waals surface area contributed by atoms with Crippen molar-refractivity contribution >= 4 is 0 Å². The SMILES string of the molecule is NCc1cc(CN)cc(OC2CC2)c1. The summed E-state index contributed by atoms with van der Waals surface area (Å²) in [5.41, 5.74) is 13.4. The molecule has 76 valence electrons. The number of hydrogen-bond donors (Lipinski definition) is 2. The molecule has 0 heterocycles. The lowest BCUT2D eigenvalue weighted by atomic mass is 10.1. The van der Waals surface area contributed by atoms with Crippen molar-refractivity contribution in [3.63, 3.8) is 0 Å². The predicted molar refractivity (Wildman–Crippen MR) is 55.9 cm³/mol. The number of nitrogens with two attached hydrogens (primary N) is 2. The molecule has 0 bridgehead atoms. The molecule has 0 aliphatic heterocycles. The summed E-state index contributed by atoms with van der Waals surface area (Å²) in [7, 11) is 0. The highest BCUT2D eigenvalue weighted by atomic mass is 16.5. The molecular weight excluding hydrogens is 176 g/mol. The van der Waals surface area contributed by atoms with Crippen LogP contribution in [0.3, 0.4) is 0 Å². The van der Waals surface area contributed by atoms with Crippen LogP contribution >= 0.6 is 0 Å². The molecule has 0 radical (unpaired) electrons. The fourth-order valence-electron chi connectivity index (χ4n) is 1.41. The summed E-state index contributed by atoms with van der Waals surface area (Å²) < 4.78 is 5.70. The van der Waals surface area contributed by atoms with Gasteiger partial charge in [-0.25, -0.2) is 0 Å². The van der Waals surface area contributed by atoms with Crippen molar-refractivity contribution in [1.82, 2.24) is 0 Å². The van der Waals surface area contributed by atoms with Crippen LogP contribution in [0.4, 0.5) is 0 Å². The van der Waals surface area contributed by atoms with E-state index in [0.717, 1.165) is 16.9 Å². The molecule has 0 aromatic heterocycles. The second kappa shape index (κ2) is 3.98. The van der Waals surface area contributed by atoms with Crippen molar-refractivity contribution in [2.24, 2.45) is 11.5 Å². The van der Waals surface area contributed by atoms with Gasteiger partial charge in [0.2, 0.25) is 0 Å². The van der Waals surface area contributed by atoms with Gasteiger partial charge in [-0.2, -0.15) is 0 Å². The van der Waals surface area contributed by atoms with Crippen molar-refractivity contribution in [3.05, 3.63) is 29.3 Å². The molecule has 1 aromatic rings. The zero-order valence-corrected chi connectivity index (χ0v) is 8.20. The zero-order valence-electron chi connectivity index (χ0n) is 8.20. The van der Waals surface area contributed by atoms with Gasteiger partial charge in [-0.1, -0.05) is 6.07 Å². The van der Waals surface area contributed by atoms with Gasteiger partial charge in [-0.15, -0.1) is 0 Å². The summed E-state index contributed by atoms with van der Waals surface area (Å²) in [6.07, 6.45) is 2.77. The number of hydrogen-bond acceptors (Lipinski definition) is 3. The summed E-state index contributed by atoms with van der Waals surface area (Å²) in [6, 6.07) is 6.02. The highest BCUT2D eigenvalue weighted by Crippen LogP contribution is 2.27. The summed E-state index contributed by atoms with van der Waals surface area (Å²) in [5.74, 6) is 0.913. The average Bonchev–Trinajstić information content (AvgIpc) is 3.01. The Balaban J connectivity index is 2.19. The highest BCUT2D eigenvalue weighted by molar-refractivity contribution is 5.34. The van der Waals surface area contributed by atoms with Crippen molar-refractivity contribution in [3.8, 4) is 5.75 Å². The number of rotatable bonds is 4. The highest BCUT2D eigenvalue weighted by Gasteiger charge is 2.23. The quantitative estimate of drug-likeness (QED) is 0.752. The van der Waals surface area contributed by atoms with Crippen molar-refractivity contribution in [1.29, 1.82) is 0 Å². The standard InChI is InChI=1S/C11H16N2O/c12-6-8-3-9(7-13)5-11(4-8)14-10-1-2-10/h3-5,10H,1-2,6-7,12-13H2. The second-order valence-corrected chi connectivity index (χ2v) is 3.71. The number of benzene rings is 1. The van der Waals surface area contributed by atoms with Gasteiger partial charge in [-0.3, -0.25) is 0 Å². The van der Waals surface area contributed by atoms with Crippen LogP contribution < -0.4 is 16.2 Å². The lowest BCUT2D eigenvalue weighted by Gasteiger charge is -2.08. The maximum atomic E-state index is 5.70. The van der Waals surface area contributed by atoms with Crippen molar-refractivity contribution < 1.29 is 4.74 Å². The molecule has 0 saturated heterocycles. The Morgan fingerprint density at radius 2 is 1.64 bits per heavy atom. The van der Waals surface area contributed by atoms with Gasteiger partial charge in [0.1, 0.15) is 5.75 Å². The van der Waals surface area contributed by atoms with Crippen LogP contribution in [-0.4, -0.2) is 6.10 Å². The fourth-order valence-corrected chi connectivity index (χ4v) is 1.41. The molecule has 1 aromatic carbocycles. The Kier molecular flexibility index (Phi) is 2.70. The minimum Gasteiger partial charge on any atom is -0.490 e. The first-order valence-corrected chi connectivity index (χ1v) is 5.01. The maximum absolute atomic E-state index is 5.70. The molecule has 1 saturated carbocycles. The molecule has 1 aliphatic rings. The molecule has 1 fully saturated rings. The van der Waals surface area contributed by atoms with E-state index in [0.29, 0.717) is 19.2 Å². The van der Waals surface area contributed by atoms with Crippen LogP contribution in [0, 0.1) is 0 Å². The van der Waals surface area contributed by atoms with Gasteiger partial charge >= 0.3 is 0 Å². The van der Waals surface area contributed by atoms with Crippen LogP contribution in [-0.2, 0) is 13.1 Å². The van der Waals surface area contributed by atoms with E-state index in [-0.39, 0.29) is 0 Å². The van der Waals surface area contributed by atoms with E-state index >= 15 is 0 Å². The fraction of sp³-hybridized carbons (Fsp3) is 0.455. The Morgan fingerprint density at radius 1 is 1.07 bits per heavy atom. The third-order valence-electron chi connectivity index (χ3n) is 2.32. The topological polar surface area (TPSA) is 61.3 Å². The van der Waals surface area contributed by atoms with E-state index in [1.165, 1.54) is 12.8 Å². The van der Waals surface area contributed by atoms with Crippen LogP contribution in [0.25, 0.3) is 0 Å². The third kappa shape index (κ3) is 2.25. The van der Waals surface area contributed by atoms with Crippen LogP contribution in [0.5, 0.6) is 5.75 Å². The van der Waals surface area contributed by atoms with Crippen LogP contribution in [0.2, 0.25) is 0 Å². The first-order chi connectivity index (χ1) is 6.81.